The summed E-state index contributed by atoms with van der Waals surface area (Å²) >= 11 is 0. The smallest absolute Gasteiger partial charge is 0.331 e. The Labute approximate surface area is 136 Å². The first-order valence-electron chi connectivity index (χ1n) is 7.00. The number of hydrogen-bond donors (Lipinski definition) is 1. The molecule has 0 radical (unpaired) electrons. The van der Waals surface area contributed by atoms with Crippen molar-refractivity contribution in [3.05, 3.63) is 58.0 Å². The number of nitrogens with one attached hydrogen (secondary N) is 1. The summed E-state index contributed by atoms with van der Waals surface area (Å²) in [5, 5.41) is 2.60. The molecule has 1 N–H and O–H groups in total. The number of halogens is 3. The summed E-state index contributed by atoms with van der Waals surface area (Å²) < 4.78 is 39.8. The van der Waals surface area contributed by atoms with Crippen LogP contribution < -0.4 is 10.9 Å². The van der Waals surface area contributed by atoms with Gasteiger partial charge in [0.25, 0.3) is 5.56 Å². The summed E-state index contributed by atoms with van der Waals surface area (Å²) in [5.74, 6) is 0. The quantitative estimate of drug-likeness (QED) is 0.913. The lowest BCUT2D eigenvalue weighted by atomic mass is 10.1. The molecule has 0 saturated heterocycles. The van der Waals surface area contributed by atoms with Crippen LogP contribution in [0.15, 0.2) is 41.2 Å². The number of benzene rings is 1. The van der Waals surface area contributed by atoms with E-state index in [-0.39, 0.29) is 5.69 Å². The van der Waals surface area contributed by atoms with Gasteiger partial charge in [-0.2, -0.15) is 13.2 Å². The Morgan fingerprint density at radius 1 is 1.17 bits per heavy atom. The summed E-state index contributed by atoms with van der Waals surface area (Å²) in [5.41, 5.74) is -0.597. The third kappa shape index (κ3) is 3.58. The van der Waals surface area contributed by atoms with Gasteiger partial charge in [-0.1, -0.05) is 6.07 Å². The zero-order valence-corrected chi connectivity index (χ0v) is 13.3. The number of anilines is 1. The standard InChI is InChI=1S/C16H16F3N3O2/c1-10-13(20-15(24)21(2)3)7-8-14(23)22(10)12-6-4-5-11(9-12)16(17,18)19/h4-9H,1-3H3,(H,20,24). The highest BCUT2D eigenvalue weighted by Crippen LogP contribution is 2.30. The van der Waals surface area contributed by atoms with Gasteiger partial charge < -0.3 is 10.2 Å². The van der Waals surface area contributed by atoms with Crippen LogP contribution in [0, 0.1) is 6.92 Å². The summed E-state index contributed by atoms with van der Waals surface area (Å²) in [6.07, 6.45) is -4.51. The van der Waals surface area contributed by atoms with Crippen molar-refractivity contribution in [1.29, 1.82) is 0 Å². The van der Waals surface area contributed by atoms with Crippen molar-refractivity contribution in [3.63, 3.8) is 0 Å². The molecule has 5 nitrogen and oxygen atoms in total. The van der Waals surface area contributed by atoms with E-state index < -0.39 is 23.3 Å². The van der Waals surface area contributed by atoms with Crippen LogP contribution in [-0.4, -0.2) is 29.6 Å². The maximum Gasteiger partial charge on any atom is 0.416 e. The van der Waals surface area contributed by atoms with Crippen molar-refractivity contribution in [2.75, 3.05) is 19.4 Å². The number of carbonyl (C=O) groups is 1. The fraction of sp³-hybridized carbons (Fsp3) is 0.250. The number of carbonyl (C=O) groups excluding carboxylic acids is 1. The number of nitrogens with zero attached hydrogens (tertiary/aromatic N) is 2. The van der Waals surface area contributed by atoms with E-state index in [0.29, 0.717) is 11.4 Å². The van der Waals surface area contributed by atoms with Crippen molar-refractivity contribution >= 4 is 11.7 Å². The first-order valence-corrected chi connectivity index (χ1v) is 7.00. The van der Waals surface area contributed by atoms with Gasteiger partial charge in [0.05, 0.1) is 11.3 Å². The second-order valence-corrected chi connectivity index (χ2v) is 5.38. The monoisotopic (exact) mass is 339 g/mol. The second kappa shape index (κ2) is 6.38. The van der Waals surface area contributed by atoms with Gasteiger partial charge in [-0.25, -0.2) is 4.79 Å². The summed E-state index contributed by atoms with van der Waals surface area (Å²) in [6.45, 7) is 1.55. The van der Waals surface area contributed by atoms with Crippen LogP contribution in [0.1, 0.15) is 11.3 Å². The van der Waals surface area contributed by atoms with E-state index in [1.165, 1.54) is 29.2 Å². The highest BCUT2D eigenvalue weighted by molar-refractivity contribution is 5.89. The molecule has 0 spiro atoms. The first kappa shape index (κ1) is 17.6. The molecular formula is C16H16F3N3O2. The van der Waals surface area contributed by atoms with E-state index in [2.05, 4.69) is 5.32 Å². The van der Waals surface area contributed by atoms with Gasteiger partial charge in [0, 0.05) is 31.5 Å². The van der Waals surface area contributed by atoms with Crippen LogP contribution in [-0.2, 0) is 6.18 Å². The Kier molecular flexibility index (Phi) is 4.68. The molecule has 0 aliphatic heterocycles. The average Bonchev–Trinajstić information content (AvgIpc) is 2.49. The summed E-state index contributed by atoms with van der Waals surface area (Å²) in [4.78, 5) is 25.2. The van der Waals surface area contributed by atoms with E-state index >= 15 is 0 Å². The molecule has 0 unspecified atom stereocenters. The molecule has 128 valence electrons. The topological polar surface area (TPSA) is 54.3 Å². The Balaban J connectivity index is 2.55. The Morgan fingerprint density at radius 2 is 1.83 bits per heavy atom. The maximum absolute atomic E-state index is 12.9. The van der Waals surface area contributed by atoms with Gasteiger partial charge in [-0.3, -0.25) is 9.36 Å². The molecule has 0 saturated carbocycles. The third-order valence-corrected chi connectivity index (χ3v) is 3.42. The van der Waals surface area contributed by atoms with Crippen molar-refractivity contribution in [3.8, 4) is 5.69 Å². The molecule has 2 rings (SSSR count). The molecular weight excluding hydrogens is 323 g/mol. The van der Waals surface area contributed by atoms with Crippen molar-refractivity contribution in [1.82, 2.24) is 9.47 Å². The Bertz CT molecular complexity index is 826. The molecule has 2 amide bonds. The summed E-state index contributed by atoms with van der Waals surface area (Å²) in [7, 11) is 3.10. The van der Waals surface area contributed by atoms with Gasteiger partial charge >= 0.3 is 12.2 Å². The van der Waals surface area contributed by atoms with E-state index in [1.807, 2.05) is 0 Å². The predicted molar refractivity (Wildman–Crippen MR) is 84.5 cm³/mol. The normalized spacial score (nSPS) is 11.2. The van der Waals surface area contributed by atoms with Crippen molar-refractivity contribution < 1.29 is 18.0 Å². The molecule has 1 aromatic heterocycles. The molecule has 0 aliphatic carbocycles. The van der Waals surface area contributed by atoms with Gasteiger partial charge in [-0.15, -0.1) is 0 Å². The van der Waals surface area contributed by atoms with Gasteiger partial charge in [-0.05, 0) is 31.2 Å². The van der Waals surface area contributed by atoms with Crippen LogP contribution >= 0.6 is 0 Å². The zero-order valence-electron chi connectivity index (χ0n) is 13.3. The van der Waals surface area contributed by atoms with E-state index in [0.717, 1.165) is 16.7 Å². The van der Waals surface area contributed by atoms with Crippen LogP contribution in [0.3, 0.4) is 0 Å². The number of pyridine rings is 1. The molecule has 0 fully saturated rings. The van der Waals surface area contributed by atoms with Crippen LogP contribution in [0.2, 0.25) is 0 Å². The SMILES string of the molecule is Cc1c(NC(=O)N(C)C)ccc(=O)n1-c1cccc(C(F)(F)F)c1. The highest BCUT2D eigenvalue weighted by atomic mass is 19.4. The molecule has 0 aliphatic rings. The Hall–Kier alpha value is -2.77. The zero-order chi connectivity index (χ0) is 18.1. The van der Waals surface area contributed by atoms with Gasteiger partial charge in [0.1, 0.15) is 0 Å². The van der Waals surface area contributed by atoms with Crippen LogP contribution in [0.5, 0.6) is 0 Å². The molecule has 1 aromatic carbocycles. The largest absolute Gasteiger partial charge is 0.416 e. The predicted octanol–water partition coefficient (Wildman–Crippen LogP) is 3.26. The minimum Gasteiger partial charge on any atom is -0.331 e. The first-order chi connectivity index (χ1) is 11.1. The van der Waals surface area contributed by atoms with Gasteiger partial charge in [0.15, 0.2) is 0 Å². The molecule has 1 heterocycles. The highest BCUT2D eigenvalue weighted by Gasteiger charge is 2.30. The second-order valence-electron chi connectivity index (χ2n) is 5.38. The molecule has 24 heavy (non-hydrogen) atoms. The van der Waals surface area contributed by atoms with Gasteiger partial charge in [0.2, 0.25) is 0 Å². The Morgan fingerprint density at radius 3 is 2.42 bits per heavy atom. The number of amides is 2. The van der Waals surface area contributed by atoms with E-state index in [1.54, 1.807) is 21.0 Å². The number of hydrogen-bond acceptors (Lipinski definition) is 2. The van der Waals surface area contributed by atoms with Crippen LogP contribution in [0.4, 0.5) is 23.7 Å². The number of urea groups is 1. The molecule has 2 aromatic rings. The lowest BCUT2D eigenvalue weighted by Gasteiger charge is -2.17. The van der Waals surface area contributed by atoms with Crippen LogP contribution in [0.25, 0.3) is 5.69 Å². The minimum atomic E-state index is -4.51. The van der Waals surface area contributed by atoms with E-state index in [9.17, 15) is 22.8 Å². The fourth-order valence-corrected chi connectivity index (χ4v) is 2.14. The lowest BCUT2D eigenvalue weighted by molar-refractivity contribution is -0.137. The third-order valence-electron chi connectivity index (χ3n) is 3.42. The fourth-order valence-electron chi connectivity index (χ4n) is 2.14. The molecule has 8 heteroatoms. The molecule has 0 bridgehead atoms. The number of alkyl halides is 3. The van der Waals surface area contributed by atoms with E-state index in [4.69, 9.17) is 0 Å². The van der Waals surface area contributed by atoms with Crippen molar-refractivity contribution in [2.45, 2.75) is 13.1 Å². The maximum atomic E-state index is 12.9. The summed E-state index contributed by atoms with van der Waals surface area (Å²) in [6, 6.07) is 6.67. The molecule has 0 atom stereocenters. The average molecular weight is 339 g/mol. The number of rotatable bonds is 2. The lowest BCUT2D eigenvalue weighted by Crippen LogP contribution is -2.29. The van der Waals surface area contributed by atoms with Crippen molar-refractivity contribution in [2.24, 2.45) is 0 Å². The number of aromatic nitrogens is 1. The minimum absolute atomic E-state index is 0.0771.